The summed E-state index contributed by atoms with van der Waals surface area (Å²) in [6.45, 7) is 4.05. The second-order valence-corrected chi connectivity index (χ2v) is 3.99. The summed E-state index contributed by atoms with van der Waals surface area (Å²) >= 11 is 0. The predicted octanol–water partition coefficient (Wildman–Crippen LogP) is 1.54. The number of aliphatic hydroxyl groups excluding tert-OH is 1. The molecular formula is C13H19N3O. The summed E-state index contributed by atoms with van der Waals surface area (Å²) in [5.41, 5.74) is 7.15. The zero-order valence-corrected chi connectivity index (χ0v) is 10.1. The molecule has 0 bridgehead atoms. The summed E-state index contributed by atoms with van der Waals surface area (Å²) in [5, 5.41) is 18.6. The largest absolute Gasteiger partial charge is 0.399 e. The molecule has 1 unspecified atom stereocenters. The molecule has 1 rings (SSSR count). The van der Waals surface area contributed by atoms with Crippen LogP contribution in [0.15, 0.2) is 24.3 Å². The van der Waals surface area contributed by atoms with Crippen LogP contribution in [0.4, 0.5) is 5.69 Å². The molecule has 0 spiro atoms. The maximum absolute atomic E-state index is 10.1. The van der Waals surface area contributed by atoms with Crippen LogP contribution >= 0.6 is 0 Å². The number of likely N-dealkylation sites (N-methyl/N-ethyl adjacent to an activating group) is 1. The van der Waals surface area contributed by atoms with E-state index in [0.29, 0.717) is 25.2 Å². The number of hydrogen-bond acceptors (Lipinski definition) is 4. The fourth-order valence-electron chi connectivity index (χ4n) is 1.70. The van der Waals surface area contributed by atoms with Crippen LogP contribution in [0.2, 0.25) is 0 Å². The number of nitriles is 1. The molecule has 1 aromatic rings. The highest BCUT2D eigenvalue weighted by atomic mass is 16.3. The number of rotatable bonds is 6. The van der Waals surface area contributed by atoms with Crippen LogP contribution in [0, 0.1) is 11.3 Å². The third kappa shape index (κ3) is 4.43. The summed E-state index contributed by atoms with van der Waals surface area (Å²) in [5.74, 6) is 0. The van der Waals surface area contributed by atoms with E-state index in [1.807, 2.05) is 19.1 Å². The van der Waals surface area contributed by atoms with Gasteiger partial charge in [-0.2, -0.15) is 5.26 Å². The van der Waals surface area contributed by atoms with E-state index in [9.17, 15) is 5.11 Å². The van der Waals surface area contributed by atoms with Gasteiger partial charge in [-0.25, -0.2) is 0 Å². The van der Waals surface area contributed by atoms with Crippen LogP contribution < -0.4 is 5.73 Å². The highest BCUT2D eigenvalue weighted by molar-refractivity contribution is 5.41. The Morgan fingerprint density at radius 3 is 2.88 bits per heavy atom. The van der Waals surface area contributed by atoms with Gasteiger partial charge >= 0.3 is 0 Å². The van der Waals surface area contributed by atoms with E-state index in [4.69, 9.17) is 11.0 Å². The van der Waals surface area contributed by atoms with Crippen LogP contribution in [-0.2, 0) is 0 Å². The monoisotopic (exact) mass is 233 g/mol. The Balaban J connectivity index is 2.58. The number of nitrogens with two attached hydrogens (primary N) is 1. The number of nitrogen functional groups attached to an aromatic ring is 1. The molecule has 1 atom stereocenters. The molecule has 0 amide bonds. The van der Waals surface area contributed by atoms with E-state index in [2.05, 4.69) is 11.0 Å². The fourth-order valence-corrected chi connectivity index (χ4v) is 1.70. The van der Waals surface area contributed by atoms with Crippen molar-refractivity contribution in [2.75, 3.05) is 25.4 Å². The van der Waals surface area contributed by atoms with Gasteiger partial charge in [0.25, 0.3) is 0 Å². The van der Waals surface area contributed by atoms with Crippen molar-refractivity contribution >= 4 is 5.69 Å². The van der Waals surface area contributed by atoms with E-state index in [1.165, 1.54) is 0 Å². The lowest BCUT2D eigenvalue weighted by Crippen LogP contribution is -2.29. The Morgan fingerprint density at radius 1 is 1.53 bits per heavy atom. The summed E-state index contributed by atoms with van der Waals surface area (Å²) in [6, 6.07) is 9.38. The minimum absolute atomic E-state index is 0.484. The standard InChI is InChI=1S/C13H19N3O/c1-2-16(8-4-7-14)10-13(17)11-5-3-6-12(15)9-11/h3,5-6,9,13,17H,2,4,8,10,15H2,1H3. The number of nitrogens with zero attached hydrogens (tertiary/aromatic N) is 2. The van der Waals surface area contributed by atoms with E-state index in [1.54, 1.807) is 12.1 Å². The molecule has 1 aromatic carbocycles. The van der Waals surface area contributed by atoms with Crippen molar-refractivity contribution in [3.8, 4) is 6.07 Å². The average Bonchev–Trinajstić information content (AvgIpc) is 2.34. The lowest BCUT2D eigenvalue weighted by atomic mass is 10.1. The van der Waals surface area contributed by atoms with Gasteiger partial charge in [0.05, 0.1) is 12.2 Å². The summed E-state index contributed by atoms with van der Waals surface area (Å²) in [6.07, 6.45) is -0.0746. The first-order valence-corrected chi connectivity index (χ1v) is 5.80. The van der Waals surface area contributed by atoms with E-state index < -0.39 is 6.10 Å². The first kappa shape index (κ1) is 13.5. The Bertz CT molecular complexity index is 386. The lowest BCUT2D eigenvalue weighted by molar-refractivity contribution is 0.117. The van der Waals surface area contributed by atoms with Gasteiger partial charge < -0.3 is 10.8 Å². The summed E-state index contributed by atoms with van der Waals surface area (Å²) in [7, 11) is 0. The van der Waals surface area contributed by atoms with E-state index in [-0.39, 0.29) is 0 Å². The SMILES string of the molecule is CCN(CCC#N)CC(O)c1cccc(N)c1. The third-order valence-corrected chi connectivity index (χ3v) is 2.71. The molecule has 0 aromatic heterocycles. The molecule has 0 saturated carbocycles. The van der Waals surface area contributed by atoms with E-state index in [0.717, 1.165) is 12.1 Å². The molecule has 3 N–H and O–H groups in total. The number of hydrogen-bond donors (Lipinski definition) is 2. The normalized spacial score (nSPS) is 12.4. The Kier molecular flexibility index (Phi) is 5.47. The predicted molar refractivity (Wildman–Crippen MR) is 68.2 cm³/mol. The molecule has 4 heteroatoms. The van der Waals surface area contributed by atoms with Crippen molar-refractivity contribution in [3.05, 3.63) is 29.8 Å². The highest BCUT2D eigenvalue weighted by Gasteiger charge is 2.12. The van der Waals surface area contributed by atoms with Crippen LogP contribution in [0.5, 0.6) is 0 Å². The van der Waals surface area contributed by atoms with Crippen LogP contribution in [0.1, 0.15) is 25.0 Å². The molecule has 0 heterocycles. The Labute approximate surface area is 102 Å². The molecule has 0 radical (unpaired) electrons. The van der Waals surface area contributed by atoms with Crippen LogP contribution in [0.3, 0.4) is 0 Å². The highest BCUT2D eigenvalue weighted by Crippen LogP contribution is 2.16. The smallest absolute Gasteiger partial charge is 0.0917 e. The molecular weight excluding hydrogens is 214 g/mol. The minimum Gasteiger partial charge on any atom is -0.399 e. The third-order valence-electron chi connectivity index (χ3n) is 2.71. The van der Waals surface area contributed by atoms with Gasteiger partial charge in [-0.15, -0.1) is 0 Å². The second-order valence-electron chi connectivity index (χ2n) is 3.99. The van der Waals surface area contributed by atoms with Crippen molar-refractivity contribution in [1.82, 2.24) is 4.90 Å². The zero-order chi connectivity index (χ0) is 12.7. The molecule has 0 aliphatic carbocycles. The lowest BCUT2D eigenvalue weighted by Gasteiger charge is -2.22. The molecule has 4 nitrogen and oxygen atoms in total. The van der Waals surface area contributed by atoms with Gasteiger partial charge in [-0.05, 0) is 24.2 Å². The number of anilines is 1. The summed E-state index contributed by atoms with van der Waals surface area (Å²) < 4.78 is 0. The van der Waals surface area contributed by atoms with Gasteiger partial charge in [0.15, 0.2) is 0 Å². The molecule has 0 saturated heterocycles. The van der Waals surface area contributed by atoms with Gasteiger partial charge in [0, 0.05) is 25.2 Å². The topological polar surface area (TPSA) is 73.3 Å². The summed E-state index contributed by atoms with van der Waals surface area (Å²) in [4.78, 5) is 2.05. The Morgan fingerprint density at radius 2 is 2.29 bits per heavy atom. The number of aliphatic hydroxyl groups is 1. The van der Waals surface area contributed by atoms with Crippen molar-refractivity contribution < 1.29 is 5.11 Å². The van der Waals surface area contributed by atoms with Gasteiger partial charge in [0.1, 0.15) is 0 Å². The van der Waals surface area contributed by atoms with E-state index >= 15 is 0 Å². The van der Waals surface area contributed by atoms with Crippen molar-refractivity contribution in [2.45, 2.75) is 19.4 Å². The quantitative estimate of drug-likeness (QED) is 0.731. The Hall–Kier alpha value is -1.57. The number of benzene rings is 1. The van der Waals surface area contributed by atoms with Crippen molar-refractivity contribution in [1.29, 1.82) is 5.26 Å². The van der Waals surface area contributed by atoms with Crippen LogP contribution in [0.25, 0.3) is 0 Å². The van der Waals surface area contributed by atoms with Gasteiger partial charge in [-0.3, -0.25) is 4.90 Å². The first-order valence-electron chi connectivity index (χ1n) is 5.80. The molecule has 0 aliphatic heterocycles. The molecule has 0 fully saturated rings. The zero-order valence-electron chi connectivity index (χ0n) is 10.1. The maximum Gasteiger partial charge on any atom is 0.0917 e. The van der Waals surface area contributed by atoms with Crippen molar-refractivity contribution in [3.63, 3.8) is 0 Å². The fraction of sp³-hybridized carbons (Fsp3) is 0.462. The maximum atomic E-state index is 10.1. The first-order chi connectivity index (χ1) is 8.17. The van der Waals surface area contributed by atoms with Gasteiger partial charge in [0.2, 0.25) is 0 Å². The molecule has 92 valence electrons. The minimum atomic E-state index is -0.558. The van der Waals surface area contributed by atoms with Crippen LogP contribution in [-0.4, -0.2) is 29.6 Å². The molecule has 17 heavy (non-hydrogen) atoms. The average molecular weight is 233 g/mol. The second kappa shape index (κ2) is 6.89. The molecule has 0 aliphatic rings. The van der Waals surface area contributed by atoms with Gasteiger partial charge in [-0.1, -0.05) is 19.1 Å². The van der Waals surface area contributed by atoms with Crippen molar-refractivity contribution in [2.24, 2.45) is 0 Å².